The van der Waals surface area contributed by atoms with Gasteiger partial charge in [-0.05, 0) is 44.1 Å². The molecule has 6 nitrogen and oxygen atoms in total. The lowest BCUT2D eigenvalue weighted by atomic mass is 10.2. The highest BCUT2D eigenvalue weighted by molar-refractivity contribution is 7.99. The molecule has 2 rings (SSSR count). The fourth-order valence-corrected chi connectivity index (χ4v) is 4.21. The maximum absolute atomic E-state index is 12.1. The maximum Gasteiger partial charge on any atom is 0.255 e. The Morgan fingerprint density at radius 1 is 1.27 bits per heavy atom. The quantitative estimate of drug-likeness (QED) is 0.317. The Balaban J connectivity index is 1.78. The molecule has 1 aromatic rings. The van der Waals surface area contributed by atoms with Gasteiger partial charge in [-0.25, -0.2) is 0 Å². The van der Waals surface area contributed by atoms with E-state index < -0.39 is 0 Å². The first-order valence-corrected chi connectivity index (χ1v) is 10.4. The predicted octanol–water partition coefficient (Wildman–Crippen LogP) is 2.35. The fourth-order valence-electron chi connectivity index (χ4n) is 3.07. The molecule has 2 unspecified atom stereocenters. The summed E-state index contributed by atoms with van der Waals surface area (Å²) in [6, 6.07) is 6.99. The Labute approximate surface area is 160 Å². The van der Waals surface area contributed by atoms with E-state index >= 15 is 0 Å². The molecule has 1 aliphatic rings. The molecule has 4 N–H and O–H groups in total. The van der Waals surface area contributed by atoms with Crippen molar-refractivity contribution < 1.29 is 9.90 Å². The second-order valence-corrected chi connectivity index (χ2v) is 7.84. The molecule has 7 heteroatoms. The summed E-state index contributed by atoms with van der Waals surface area (Å²) >= 11 is 2.04. The molecule has 1 saturated carbocycles. The van der Waals surface area contributed by atoms with Gasteiger partial charge in [0.15, 0.2) is 5.96 Å². The van der Waals surface area contributed by atoms with Crippen molar-refractivity contribution in [3.63, 3.8) is 0 Å². The van der Waals surface area contributed by atoms with Crippen molar-refractivity contribution in [2.75, 3.05) is 25.4 Å². The third-order valence-electron chi connectivity index (χ3n) is 4.29. The lowest BCUT2D eigenvalue weighted by Crippen LogP contribution is -2.43. The summed E-state index contributed by atoms with van der Waals surface area (Å²) in [6.45, 7) is 5.95. The molecule has 1 fully saturated rings. The van der Waals surface area contributed by atoms with Gasteiger partial charge in [-0.1, -0.05) is 19.1 Å². The highest BCUT2D eigenvalue weighted by atomic mass is 32.2. The van der Waals surface area contributed by atoms with E-state index in [2.05, 4.69) is 27.9 Å². The highest BCUT2D eigenvalue weighted by Gasteiger charge is 2.25. The van der Waals surface area contributed by atoms with E-state index in [1.807, 2.05) is 18.7 Å². The number of thioether (sulfide) groups is 1. The number of phenols is 1. The second kappa shape index (κ2) is 11.0. The number of benzene rings is 1. The van der Waals surface area contributed by atoms with E-state index in [9.17, 15) is 9.90 Å². The summed E-state index contributed by atoms with van der Waals surface area (Å²) in [5.74, 6) is 1.68. The van der Waals surface area contributed by atoms with Crippen molar-refractivity contribution in [1.82, 2.24) is 16.0 Å². The second-order valence-electron chi connectivity index (χ2n) is 6.27. The zero-order valence-corrected chi connectivity index (χ0v) is 16.4. The third-order valence-corrected chi connectivity index (χ3v) is 5.52. The predicted molar refractivity (Wildman–Crippen MR) is 109 cm³/mol. The van der Waals surface area contributed by atoms with Gasteiger partial charge >= 0.3 is 0 Å². The highest BCUT2D eigenvalue weighted by Crippen LogP contribution is 2.29. The number of hydrogen-bond donors (Lipinski definition) is 4. The van der Waals surface area contributed by atoms with E-state index in [1.165, 1.54) is 31.1 Å². The average Bonchev–Trinajstić information content (AvgIpc) is 3.06. The number of carbonyl (C=O) groups is 1. The molecule has 144 valence electrons. The summed E-state index contributed by atoms with van der Waals surface area (Å²) in [4.78, 5) is 16.6. The minimum Gasteiger partial charge on any atom is -0.507 e. The molecule has 0 bridgehead atoms. The number of rotatable bonds is 8. The Bertz CT molecular complexity index is 609. The van der Waals surface area contributed by atoms with Crippen molar-refractivity contribution >= 4 is 23.6 Å². The van der Waals surface area contributed by atoms with Crippen LogP contribution in [0.4, 0.5) is 0 Å². The van der Waals surface area contributed by atoms with Crippen molar-refractivity contribution in [2.45, 2.75) is 44.4 Å². The van der Waals surface area contributed by atoms with Crippen LogP contribution in [-0.2, 0) is 0 Å². The van der Waals surface area contributed by atoms with Gasteiger partial charge in [0.2, 0.25) is 0 Å². The van der Waals surface area contributed by atoms with Crippen LogP contribution in [0.15, 0.2) is 29.3 Å². The first-order valence-electron chi connectivity index (χ1n) is 9.36. The summed E-state index contributed by atoms with van der Waals surface area (Å²) in [5.41, 5.74) is 0.284. The smallest absolute Gasteiger partial charge is 0.255 e. The maximum atomic E-state index is 12.1. The largest absolute Gasteiger partial charge is 0.507 e. The van der Waals surface area contributed by atoms with Crippen LogP contribution in [0.3, 0.4) is 0 Å². The Morgan fingerprint density at radius 2 is 2.08 bits per heavy atom. The minimum absolute atomic E-state index is 0.00996. The van der Waals surface area contributed by atoms with Gasteiger partial charge in [-0.2, -0.15) is 11.8 Å². The molecule has 0 saturated heterocycles. The first-order chi connectivity index (χ1) is 12.6. The number of hydrogen-bond acceptors (Lipinski definition) is 4. The zero-order valence-electron chi connectivity index (χ0n) is 15.6. The number of phenolic OH excluding ortho intramolecular Hbond substituents is 1. The van der Waals surface area contributed by atoms with E-state index in [0.29, 0.717) is 19.1 Å². The normalized spacial score (nSPS) is 20.0. The summed E-state index contributed by atoms with van der Waals surface area (Å²) in [6.07, 6.45) is 3.60. The average molecular weight is 379 g/mol. The molecule has 0 spiro atoms. The fraction of sp³-hybridized carbons (Fsp3) is 0.579. The number of carbonyl (C=O) groups excluding carboxylic acids is 1. The molecular weight excluding hydrogens is 348 g/mol. The molecule has 1 aliphatic carbocycles. The number of para-hydroxylation sites is 1. The Kier molecular flexibility index (Phi) is 8.61. The van der Waals surface area contributed by atoms with Crippen LogP contribution >= 0.6 is 11.8 Å². The van der Waals surface area contributed by atoms with E-state index in [0.717, 1.165) is 17.8 Å². The van der Waals surface area contributed by atoms with Gasteiger partial charge in [-0.3, -0.25) is 9.79 Å². The first kappa shape index (κ1) is 20.4. The van der Waals surface area contributed by atoms with Crippen LogP contribution in [0.25, 0.3) is 0 Å². The summed E-state index contributed by atoms with van der Waals surface area (Å²) in [5, 5.41) is 20.0. The van der Waals surface area contributed by atoms with Crippen LogP contribution in [0.1, 0.15) is 43.5 Å². The molecule has 0 radical (unpaired) electrons. The van der Waals surface area contributed by atoms with Crippen molar-refractivity contribution in [2.24, 2.45) is 4.99 Å². The van der Waals surface area contributed by atoms with Crippen molar-refractivity contribution in [3.8, 4) is 5.75 Å². The van der Waals surface area contributed by atoms with E-state index in [1.54, 1.807) is 18.2 Å². The zero-order chi connectivity index (χ0) is 18.8. The molecule has 0 aliphatic heterocycles. The number of nitrogens with one attached hydrogen (secondary N) is 3. The number of nitrogens with zero attached hydrogens (tertiary/aromatic N) is 1. The topological polar surface area (TPSA) is 85.8 Å². The lowest BCUT2D eigenvalue weighted by Gasteiger charge is -2.17. The number of aliphatic imine (C=N–C) groups is 1. The van der Waals surface area contributed by atoms with Crippen LogP contribution in [0.2, 0.25) is 0 Å². The Morgan fingerprint density at radius 3 is 2.81 bits per heavy atom. The molecule has 0 aromatic heterocycles. The number of amides is 1. The van der Waals surface area contributed by atoms with E-state index in [4.69, 9.17) is 0 Å². The van der Waals surface area contributed by atoms with Crippen LogP contribution < -0.4 is 16.0 Å². The van der Waals surface area contributed by atoms with Gasteiger partial charge in [0, 0.05) is 24.4 Å². The molecule has 1 amide bonds. The standard InChI is InChI=1S/C19H30N4O2S/c1-3-20-19(23-14-9-10-15(13-14)26-4-2)22-12-11-21-18(25)16-7-5-6-8-17(16)24/h5-8,14-15,24H,3-4,9-13H2,1-2H3,(H,21,25)(H2,20,22,23). The van der Waals surface area contributed by atoms with E-state index in [-0.39, 0.29) is 17.2 Å². The summed E-state index contributed by atoms with van der Waals surface area (Å²) in [7, 11) is 0. The monoisotopic (exact) mass is 378 g/mol. The molecule has 2 atom stereocenters. The van der Waals surface area contributed by atoms with Crippen molar-refractivity contribution in [3.05, 3.63) is 29.8 Å². The van der Waals surface area contributed by atoms with Crippen LogP contribution in [0.5, 0.6) is 5.75 Å². The molecular formula is C19H30N4O2S. The van der Waals surface area contributed by atoms with Gasteiger partial charge < -0.3 is 21.1 Å². The molecule has 26 heavy (non-hydrogen) atoms. The Hall–Kier alpha value is -1.89. The molecule has 0 heterocycles. The summed E-state index contributed by atoms with van der Waals surface area (Å²) < 4.78 is 0. The SMILES string of the molecule is CCNC(=NCCNC(=O)c1ccccc1O)NC1CCC(SCC)C1. The van der Waals surface area contributed by atoms with Gasteiger partial charge in [0.1, 0.15) is 5.75 Å². The molecule has 1 aromatic carbocycles. The lowest BCUT2D eigenvalue weighted by molar-refractivity contribution is 0.0952. The number of guanidine groups is 1. The minimum atomic E-state index is -0.286. The van der Waals surface area contributed by atoms with Gasteiger partial charge in [-0.15, -0.1) is 0 Å². The third kappa shape index (κ3) is 6.44. The van der Waals surface area contributed by atoms with Crippen LogP contribution in [0, 0.1) is 0 Å². The van der Waals surface area contributed by atoms with Crippen molar-refractivity contribution in [1.29, 1.82) is 0 Å². The van der Waals surface area contributed by atoms with Gasteiger partial charge in [0.05, 0.1) is 12.1 Å². The number of aromatic hydroxyl groups is 1. The van der Waals surface area contributed by atoms with Crippen LogP contribution in [-0.4, -0.2) is 53.7 Å². The van der Waals surface area contributed by atoms with Gasteiger partial charge in [0.25, 0.3) is 5.91 Å².